The van der Waals surface area contributed by atoms with Gasteiger partial charge in [0.25, 0.3) is 0 Å². The predicted molar refractivity (Wildman–Crippen MR) is 62.6 cm³/mol. The molecule has 90 valence electrons. The van der Waals surface area contributed by atoms with E-state index >= 15 is 0 Å². The van der Waals surface area contributed by atoms with E-state index in [4.69, 9.17) is 4.74 Å². The molecule has 7 heteroatoms. The summed E-state index contributed by atoms with van der Waals surface area (Å²) in [5.41, 5.74) is 0. The van der Waals surface area contributed by atoms with Crippen LogP contribution in [0.2, 0.25) is 0 Å². The molecule has 16 heavy (non-hydrogen) atoms. The molecule has 0 atom stereocenters. The van der Waals surface area contributed by atoms with Gasteiger partial charge in [-0.2, -0.15) is 0 Å². The first-order chi connectivity index (χ1) is 7.72. The summed E-state index contributed by atoms with van der Waals surface area (Å²) in [6.07, 6.45) is 0.419. The van der Waals surface area contributed by atoms with Crippen molar-refractivity contribution in [3.05, 3.63) is 5.01 Å². The van der Waals surface area contributed by atoms with Crippen LogP contribution in [-0.2, 0) is 9.53 Å². The van der Waals surface area contributed by atoms with Gasteiger partial charge in [-0.15, -0.1) is 10.2 Å². The fraction of sp³-hybridized carbons (Fsp3) is 0.667. The Kier molecular flexibility index (Phi) is 5.73. The molecule has 1 rings (SSSR count). The number of carbonyl (C=O) groups is 1. The molecule has 1 amide bonds. The van der Waals surface area contributed by atoms with Crippen molar-refractivity contribution in [1.29, 1.82) is 0 Å². The highest BCUT2D eigenvalue weighted by Crippen LogP contribution is 2.12. The van der Waals surface area contributed by atoms with E-state index in [0.29, 0.717) is 26.1 Å². The lowest BCUT2D eigenvalue weighted by atomic mass is 10.4. The Bertz CT molecular complexity index is 329. The van der Waals surface area contributed by atoms with E-state index in [0.717, 1.165) is 10.1 Å². The second-order valence-corrected chi connectivity index (χ2v) is 4.33. The van der Waals surface area contributed by atoms with Gasteiger partial charge < -0.3 is 15.4 Å². The van der Waals surface area contributed by atoms with Gasteiger partial charge in [0.1, 0.15) is 5.01 Å². The Morgan fingerprint density at radius 2 is 2.25 bits per heavy atom. The summed E-state index contributed by atoms with van der Waals surface area (Å²) < 4.78 is 4.82. The first-order valence-electron chi connectivity index (χ1n) is 5.02. The molecule has 2 N–H and O–H groups in total. The van der Waals surface area contributed by atoms with Crippen molar-refractivity contribution in [2.45, 2.75) is 13.3 Å². The van der Waals surface area contributed by atoms with Crippen molar-refractivity contribution in [3.8, 4) is 0 Å². The van der Waals surface area contributed by atoms with Gasteiger partial charge in [0.05, 0.1) is 6.61 Å². The third kappa shape index (κ3) is 5.04. The third-order valence-electron chi connectivity index (χ3n) is 1.78. The lowest BCUT2D eigenvalue weighted by molar-refractivity contribution is -0.121. The van der Waals surface area contributed by atoms with E-state index in [1.54, 1.807) is 7.11 Å². The van der Waals surface area contributed by atoms with E-state index in [9.17, 15) is 4.79 Å². The average Bonchev–Trinajstić information content (AvgIpc) is 2.65. The van der Waals surface area contributed by atoms with Crippen LogP contribution in [0.5, 0.6) is 0 Å². The number of anilines is 1. The topological polar surface area (TPSA) is 76.1 Å². The van der Waals surface area contributed by atoms with Crippen LogP contribution in [0.15, 0.2) is 0 Å². The van der Waals surface area contributed by atoms with Crippen LogP contribution in [0.3, 0.4) is 0 Å². The third-order valence-corrected chi connectivity index (χ3v) is 2.58. The molecule has 0 radical (unpaired) electrons. The smallest absolute Gasteiger partial charge is 0.221 e. The number of nitrogens with zero attached hydrogens (tertiary/aromatic N) is 2. The predicted octanol–water partition coefficient (Wildman–Crippen LogP) is 0.411. The van der Waals surface area contributed by atoms with Gasteiger partial charge in [-0.3, -0.25) is 4.79 Å². The van der Waals surface area contributed by atoms with Crippen LogP contribution in [0, 0.1) is 6.92 Å². The molecule has 1 aromatic rings. The maximum atomic E-state index is 11.3. The summed E-state index contributed by atoms with van der Waals surface area (Å²) in [4.78, 5) is 11.3. The highest BCUT2D eigenvalue weighted by molar-refractivity contribution is 7.15. The molecule has 0 aliphatic rings. The molecule has 0 bridgehead atoms. The second kappa shape index (κ2) is 7.13. The van der Waals surface area contributed by atoms with Crippen LogP contribution in [-0.4, -0.2) is 42.9 Å². The molecule has 0 spiro atoms. The monoisotopic (exact) mass is 244 g/mol. The van der Waals surface area contributed by atoms with E-state index in [1.165, 1.54) is 11.3 Å². The second-order valence-electron chi connectivity index (χ2n) is 3.15. The van der Waals surface area contributed by atoms with Gasteiger partial charge in [-0.05, 0) is 6.92 Å². The van der Waals surface area contributed by atoms with E-state index in [1.807, 2.05) is 6.92 Å². The fourth-order valence-corrected chi connectivity index (χ4v) is 1.65. The minimum absolute atomic E-state index is 0.00536. The molecule has 0 saturated heterocycles. The van der Waals surface area contributed by atoms with Gasteiger partial charge in [-0.25, -0.2) is 0 Å². The molecular formula is C9H16N4O2S. The maximum Gasteiger partial charge on any atom is 0.221 e. The van der Waals surface area contributed by atoms with Crippen LogP contribution in [0.1, 0.15) is 11.4 Å². The number of hydrogen-bond donors (Lipinski definition) is 2. The summed E-state index contributed by atoms with van der Waals surface area (Å²) in [6.45, 7) is 3.54. The summed E-state index contributed by atoms with van der Waals surface area (Å²) in [5, 5.41) is 15.2. The van der Waals surface area contributed by atoms with Crippen LogP contribution >= 0.6 is 11.3 Å². The molecule has 1 heterocycles. The Morgan fingerprint density at radius 1 is 1.44 bits per heavy atom. The summed E-state index contributed by atoms with van der Waals surface area (Å²) in [5.74, 6) is 0.00536. The van der Waals surface area contributed by atoms with Crippen molar-refractivity contribution in [2.24, 2.45) is 0 Å². The molecule has 0 aliphatic carbocycles. The quantitative estimate of drug-likeness (QED) is 0.679. The SMILES string of the molecule is COCCNC(=O)CCNc1nnc(C)s1. The Morgan fingerprint density at radius 3 is 2.88 bits per heavy atom. The number of carbonyl (C=O) groups excluding carboxylic acids is 1. The lowest BCUT2D eigenvalue weighted by Gasteiger charge is -2.04. The van der Waals surface area contributed by atoms with Crippen LogP contribution in [0.4, 0.5) is 5.13 Å². The zero-order valence-corrected chi connectivity index (χ0v) is 10.3. The number of aromatic nitrogens is 2. The average molecular weight is 244 g/mol. The standard InChI is InChI=1S/C9H16N4O2S/c1-7-12-13-9(16-7)11-4-3-8(14)10-5-6-15-2/h3-6H2,1-2H3,(H,10,14)(H,11,13). The van der Waals surface area contributed by atoms with E-state index in [2.05, 4.69) is 20.8 Å². The minimum atomic E-state index is 0.00536. The normalized spacial score (nSPS) is 10.1. The Labute approximate surface area is 98.4 Å². The molecule has 0 fully saturated rings. The maximum absolute atomic E-state index is 11.3. The zero-order valence-electron chi connectivity index (χ0n) is 9.45. The number of hydrogen-bond acceptors (Lipinski definition) is 6. The summed E-state index contributed by atoms with van der Waals surface area (Å²) in [7, 11) is 1.60. The van der Waals surface area contributed by atoms with Crippen LogP contribution < -0.4 is 10.6 Å². The lowest BCUT2D eigenvalue weighted by Crippen LogP contribution is -2.28. The number of amides is 1. The molecule has 0 aliphatic heterocycles. The van der Waals surface area contributed by atoms with Gasteiger partial charge in [0.2, 0.25) is 11.0 Å². The number of ether oxygens (including phenoxy) is 1. The Balaban J connectivity index is 2.08. The van der Waals surface area contributed by atoms with Crippen molar-refractivity contribution >= 4 is 22.4 Å². The first-order valence-corrected chi connectivity index (χ1v) is 5.83. The van der Waals surface area contributed by atoms with Crippen molar-refractivity contribution < 1.29 is 9.53 Å². The van der Waals surface area contributed by atoms with Gasteiger partial charge in [0, 0.05) is 26.6 Å². The van der Waals surface area contributed by atoms with Crippen molar-refractivity contribution in [2.75, 3.05) is 32.1 Å². The minimum Gasteiger partial charge on any atom is -0.383 e. The van der Waals surface area contributed by atoms with Crippen molar-refractivity contribution in [1.82, 2.24) is 15.5 Å². The molecular weight excluding hydrogens is 228 g/mol. The zero-order chi connectivity index (χ0) is 11.8. The first kappa shape index (κ1) is 12.9. The molecule has 6 nitrogen and oxygen atoms in total. The number of rotatable bonds is 7. The summed E-state index contributed by atoms with van der Waals surface area (Å²) >= 11 is 1.48. The highest BCUT2D eigenvalue weighted by atomic mass is 32.1. The molecule has 1 aromatic heterocycles. The molecule has 0 unspecified atom stereocenters. The highest BCUT2D eigenvalue weighted by Gasteiger charge is 2.02. The fourth-order valence-electron chi connectivity index (χ4n) is 1.03. The van der Waals surface area contributed by atoms with Crippen molar-refractivity contribution in [3.63, 3.8) is 0 Å². The molecule has 0 aromatic carbocycles. The summed E-state index contributed by atoms with van der Waals surface area (Å²) in [6, 6.07) is 0. The Hall–Kier alpha value is -1.21. The number of nitrogens with one attached hydrogen (secondary N) is 2. The largest absolute Gasteiger partial charge is 0.383 e. The van der Waals surface area contributed by atoms with Crippen LogP contribution in [0.25, 0.3) is 0 Å². The van der Waals surface area contributed by atoms with E-state index in [-0.39, 0.29) is 5.91 Å². The van der Waals surface area contributed by atoms with Gasteiger partial charge in [-0.1, -0.05) is 11.3 Å². The number of methoxy groups -OCH3 is 1. The number of aryl methyl sites for hydroxylation is 1. The molecule has 0 saturated carbocycles. The van der Waals surface area contributed by atoms with Gasteiger partial charge >= 0.3 is 0 Å². The van der Waals surface area contributed by atoms with Gasteiger partial charge in [0.15, 0.2) is 0 Å². The van der Waals surface area contributed by atoms with E-state index < -0.39 is 0 Å².